The van der Waals surface area contributed by atoms with Gasteiger partial charge in [0.25, 0.3) is 0 Å². The Hall–Kier alpha value is -2.69. The summed E-state index contributed by atoms with van der Waals surface area (Å²) in [5.74, 6) is -0.488. The van der Waals surface area contributed by atoms with Gasteiger partial charge in [0.2, 0.25) is 5.75 Å². The highest BCUT2D eigenvalue weighted by Gasteiger charge is 2.76. The third-order valence-electron chi connectivity index (χ3n) is 9.51. The summed E-state index contributed by atoms with van der Waals surface area (Å²) in [4.78, 5) is 41.0. The van der Waals surface area contributed by atoms with Crippen LogP contribution < -0.4 is 15.1 Å². The van der Waals surface area contributed by atoms with Gasteiger partial charge in [0.05, 0.1) is 31.6 Å². The van der Waals surface area contributed by atoms with E-state index in [9.17, 15) is 24.6 Å². The minimum atomic E-state index is -1.11. The van der Waals surface area contributed by atoms with Gasteiger partial charge in [0, 0.05) is 37.2 Å². The normalized spacial score (nSPS) is 36.6. The molecular formula is C26H33N2O8+. The van der Waals surface area contributed by atoms with E-state index in [2.05, 4.69) is 12.5 Å². The van der Waals surface area contributed by atoms with Crippen LogP contribution in [-0.2, 0) is 26.2 Å². The number of carbonyl (C=O) groups excluding carboxylic acids is 2. The van der Waals surface area contributed by atoms with Gasteiger partial charge < -0.3 is 34.2 Å². The lowest BCUT2D eigenvalue weighted by atomic mass is 9.48. The predicted molar refractivity (Wildman–Crippen MR) is 125 cm³/mol. The fourth-order valence-electron chi connectivity index (χ4n) is 7.64. The molecule has 6 rings (SSSR count). The van der Waals surface area contributed by atoms with Crippen LogP contribution >= 0.6 is 0 Å². The summed E-state index contributed by atoms with van der Waals surface area (Å²) in [5.41, 5.74) is 2.14. The van der Waals surface area contributed by atoms with Crippen molar-refractivity contribution in [3.8, 4) is 17.2 Å². The molecule has 1 spiro atoms. The van der Waals surface area contributed by atoms with Gasteiger partial charge in [-0.25, -0.2) is 0 Å². The summed E-state index contributed by atoms with van der Waals surface area (Å²) in [6.07, 6.45) is 3.73. The first-order chi connectivity index (χ1) is 17.1. The standard InChI is InChI=1S/C26H32N2O8/c1-28(12-14-2-3-14)9-8-25-21-15-10-18(36-27-16(13-29)4-5-20(31)32)22(33)23(21)35-24(25)17(30)6-7-26(25,34)19(28)11-15/h10,13-14,16,19,24,27,34H,2-9,11-12H2,1H3,(H-,31,32,33)/p+1/t16-,19-,24-,25-,26+,28+/m0/s1. The molecule has 2 saturated carbocycles. The number of rotatable bonds is 9. The number of ether oxygens (including phenoxy) is 1. The van der Waals surface area contributed by atoms with E-state index in [4.69, 9.17) is 14.7 Å². The number of nitrogens with zero attached hydrogens (tertiary/aromatic N) is 1. The number of aldehydes is 1. The van der Waals surface area contributed by atoms with E-state index >= 15 is 0 Å². The fourth-order valence-corrected chi connectivity index (χ4v) is 7.64. The third kappa shape index (κ3) is 3.17. The van der Waals surface area contributed by atoms with Gasteiger partial charge in [-0.2, -0.15) is 0 Å². The van der Waals surface area contributed by atoms with Crippen molar-refractivity contribution in [1.82, 2.24) is 5.48 Å². The van der Waals surface area contributed by atoms with E-state index < -0.39 is 29.1 Å². The molecule has 6 atom stereocenters. The molecule has 0 radical (unpaired) electrons. The molecule has 194 valence electrons. The average molecular weight is 502 g/mol. The molecule has 10 heteroatoms. The topological polar surface area (TPSA) is 142 Å². The molecule has 10 nitrogen and oxygen atoms in total. The van der Waals surface area contributed by atoms with E-state index in [0.717, 1.165) is 28.7 Å². The molecule has 1 aromatic carbocycles. The van der Waals surface area contributed by atoms with E-state index in [-0.39, 0.29) is 48.3 Å². The summed E-state index contributed by atoms with van der Waals surface area (Å²) in [7, 11) is 2.22. The van der Waals surface area contributed by atoms with E-state index in [0.29, 0.717) is 31.5 Å². The number of phenols is 1. The Morgan fingerprint density at radius 1 is 1.39 bits per heavy atom. The number of aliphatic hydroxyl groups is 1. The highest BCUT2D eigenvalue weighted by Crippen LogP contribution is 2.67. The van der Waals surface area contributed by atoms with Gasteiger partial charge in [0.15, 0.2) is 23.4 Å². The SMILES string of the molecule is C[N@+]1(CC2CC2)CC[C@]23c4c5cc(ON[C@H](C=O)CCC(=O)O)c(O)c4O[C@H]2C(=O)CC[C@@]3(O)[C@@H]1C5. The van der Waals surface area contributed by atoms with Gasteiger partial charge in [-0.15, -0.1) is 5.48 Å². The largest absolute Gasteiger partial charge is 0.502 e. The quantitative estimate of drug-likeness (QED) is 0.221. The first kappa shape index (κ1) is 23.7. The molecule has 1 saturated heterocycles. The van der Waals surface area contributed by atoms with Crippen LogP contribution in [0.4, 0.5) is 0 Å². The summed E-state index contributed by atoms with van der Waals surface area (Å²) in [6, 6.07) is 0.719. The van der Waals surface area contributed by atoms with Gasteiger partial charge >= 0.3 is 5.97 Å². The van der Waals surface area contributed by atoms with Gasteiger partial charge in [-0.05, 0) is 37.3 Å². The van der Waals surface area contributed by atoms with Crippen molar-refractivity contribution in [2.45, 2.75) is 80.6 Å². The average Bonchev–Trinajstić information content (AvgIpc) is 3.56. The number of piperidine rings is 1. The maximum Gasteiger partial charge on any atom is 0.303 e. The number of nitrogens with one attached hydrogen (secondary N) is 1. The lowest BCUT2D eigenvalue weighted by Crippen LogP contribution is -2.80. The summed E-state index contributed by atoms with van der Waals surface area (Å²) in [6.45, 7) is 1.83. The van der Waals surface area contributed by atoms with Gasteiger partial charge in [0.1, 0.15) is 17.9 Å². The van der Waals surface area contributed by atoms with Gasteiger partial charge in [-0.3, -0.25) is 9.59 Å². The number of benzene rings is 1. The molecule has 2 heterocycles. The van der Waals surface area contributed by atoms with Crippen molar-refractivity contribution >= 4 is 18.0 Å². The number of hydrogen-bond donors (Lipinski definition) is 4. The second-order valence-electron chi connectivity index (χ2n) is 11.6. The molecule has 0 aromatic heterocycles. The number of carbonyl (C=O) groups is 3. The van der Waals surface area contributed by atoms with Crippen LogP contribution in [0.2, 0.25) is 0 Å². The smallest absolute Gasteiger partial charge is 0.303 e. The second kappa shape index (κ2) is 7.90. The van der Waals surface area contributed by atoms with Crippen LogP contribution in [-0.4, -0.2) is 81.8 Å². The molecule has 2 bridgehead atoms. The summed E-state index contributed by atoms with van der Waals surface area (Å²) >= 11 is 0. The number of carboxylic acids is 1. The maximum absolute atomic E-state index is 13.1. The Labute approximate surface area is 208 Å². The van der Waals surface area contributed by atoms with Crippen molar-refractivity contribution in [3.05, 3.63) is 17.2 Å². The molecule has 5 aliphatic rings. The Bertz CT molecular complexity index is 1150. The molecular weight excluding hydrogens is 468 g/mol. The predicted octanol–water partition coefficient (Wildman–Crippen LogP) is 0.986. The first-order valence-electron chi connectivity index (χ1n) is 12.9. The highest BCUT2D eigenvalue weighted by molar-refractivity contribution is 5.90. The zero-order valence-electron chi connectivity index (χ0n) is 20.4. The monoisotopic (exact) mass is 501 g/mol. The summed E-state index contributed by atoms with van der Waals surface area (Å²) < 4.78 is 6.93. The van der Waals surface area contributed by atoms with Crippen LogP contribution in [0.3, 0.4) is 0 Å². The molecule has 1 aromatic rings. The first-order valence-corrected chi connectivity index (χ1v) is 12.9. The van der Waals surface area contributed by atoms with E-state index in [1.54, 1.807) is 6.07 Å². The van der Waals surface area contributed by atoms with E-state index in [1.807, 2.05) is 0 Å². The number of quaternary nitrogens is 1. The van der Waals surface area contributed by atoms with Crippen LogP contribution in [0.25, 0.3) is 0 Å². The number of ketones is 1. The zero-order valence-corrected chi connectivity index (χ0v) is 20.4. The Morgan fingerprint density at radius 2 is 2.17 bits per heavy atom. The highest BCUT2D eigenvalue weighted by atomic mass is 16.7. The van der Waals surface area contributed by atoms with Crippen molar-refractivity contribution in [2.75, 3.05) is 20.1 Å². The minimum absolute atomic E-state index is 0.0275. The van der Waals surface area contributed by atoms with Crippen LogP contribution in [0.1, 0.15) is 56.1 Å². The minimum Gasteiger partial charge on any atom is -0.502 e. The Balaban J connectivity index is 1.40. The molecule has 3 aliphatic carbocycles. The van der Waals surface area contributed by atoms with Crippen molar-refractivity contribution in [2.24, 2.45) is 5.92 Å². The zero-order chi connectivity index (χ0) is 25.5. The lowest BCUT2D eigenvalue weighted by molar-refractivity contribution is -0.950. The molecule has 4 N–H and O–H groups in total. The maximum atomic E-state index is 13.1. The Kier molecular flexibility index (Phi) is 5.20. The molecule has 0 amide bonds. The summed E-state index contributed by atoms with van der Waals surface area (Å²) in [5, 5.41) is 32.4. The number of Topliss-reactive ketones (excluding diaryl/α,β-unsaturated/α-hetero) is 1. The van der Waals surface area contributed by atoms with Gasteiger partial charge in [-0.1, -0.05) is 0 Å². The number of carboxylic acid groups (broad SMARTS) is 1. The number of hydroxylamine groups is 1. The van der Waals surface area contributed by atoms with E-state index in [1.165, 1.54) is 12.8 Å². The molecule has 0 unspecified atom stereocenters. The molecule has 2 aliphatic heterocycles. The van der Waals surface area contributed by atoms with Crippen molar-refractivity contribution in [3.63, 3.8) is 0 Å². The van der Waals surface area contributed by atoms with Crippen LogP contribution in [0.5, 0.6) is 17.2 Å². The van der Waals surface area contributed by atoms with Crippen molar-refractivity contribution < 1.29 is 43.8 Å². The van der Waals surface area contributed by atoms with Crippen molar-refractivity contribution in [1.29, 1.82) is 0 Å². The number of likely N-dealkylation sites (tertiary alicyclic amines) is 1. The molecule has 3 fully saturated rings. The third-order valence-corrected chi connectivity index (χ3v) is 9.51. The number of aliphatic carboxylic acids is 1. The number of hydrogen-bond acceptors (Lipinski definition) is 8. The number of likely N-dealkylation sites (N-methyl/N-ethyl adjacent to an activating group) is 1. The number of phenolic OH excluding ortho intramolecular Hbond substituents is 1. The Morgan fingerprint density at radius 3 is 2.86 bits per heavy atom. The fraction of sp³-hybridized carbons (Fsp3) is 0.654. The van der Waals surface area contributed by atoms with Crippen LogP contribution in [0.15, 0.2) is 6.07 Å². The lowest BCUT2D eigenvalue weighted by Gasteiger charge is -2.64. The number of aromatic hydroxyl groups is 1. The second-order valence-corrected chi connectivity index (χ2v) is 11.6. The van der Waals surface area contributed by atoms with Crippen LogP contribution in [0, 0.1) is 5.92 Å². The molecule has 36 heavy (non-hydrogen) atoms.